The van der Waals surface area contributed by atoms with E-state index in [0.717, 1.165) is 23.6 Å². The molecular formula is C13H13N3O. The lowest BCUT2D eigenvalue weighted by molar-refractivity contribution is 0.414. The van der Waals surface area contributed by atoms with E-state index in [2.05, 4.69) is 16.2 Å². The second-order valence-electron chi connectivity index (χ2n) is 3.54. The third-order valence-corrected chi connectivity index (χ3v) is 2.46. The predicted molar refractivity (Wildman–Crippen MR) is 65.1 cm³/mol. The van der Waals surface area contributed by atoms with Gasteiger partial charge in [0.1, 0.15) is 5.75 Å². The van der Waals surface area contributed by atoms with Crippen molar-refractivity contribution < 1.29 is 4.74 Å². The molecule has 86 valence electrons. The predicted octanol–water partition coefficient (Wildman–Crippen LogP) is 1.84. The molecule has 0 aliphatic heterocycles. The van der Waals surface area contributed by atoms with Gasteiger partial charge in [-0.3, -0.25) is 0 Å². The van der Waals surface area contributed by atoms with Gasteiger partial charge in [0.25, 0.3) is 0 Å². The lowest BCUT2D eigenvalue weighted by Crippen LogP contribution is -2.02. The van der Waals surface area contributed by atoms with Gasteiger partial charge in [-0.2, -0.15) is 0 Å². The number of aryl methyl sites for hydroxylation is 1. The number of methoxy groups -OCH3 is 1. The molecule has 0 saturated carbocycles. The van der Waals surface area contributed by atoms with Crippen LogP contribution in [-0.2, 0) is 6.42 Å². The molecular weight excluding hydrogens is 214 g/mol. The Morgan fingerprint density at radius 3 is 2.76 bits per heavy atom. The molecule has 4 heteroatoms. The molecule has 0 aliphatic rings. The van der Waals surface area contributed by atoms with Crippen LogP contribution in [0.25, 0.3) is 5.69 Å². The molecule has 0 spiro atoms. The maximum Gasteiger partial charge on any atom is 0.119 e. The summed E-state index contributed by atoms with van der Waals surface area (Å²) in [6.45, 7) is 0. The normalized spacial score (nSPS) is 9.88. The van der Waals surface area contributed by atoms with E-state index in [4.69, 9.17) is 11.2 Å². The van der Waals surface area contributed by atoms with E-state index in [1.807, 2.05) is 24.3 Å². The van der Waals surface area contributed by atoms with Gasteiger partial charge >= 0.3 is 0 Å². The second kappa shape index (κ2) is 5.17. The lowest BCUT2D eigenvalue weighted by atomic mass is 10.2. The molecule has 0 fully saturated rings. The number of benzene rings is 1. The van der Waals surface area contributed by atoms with Crippen molar-refractivity contribution in [1.82, 2.24) is 15.0 Å². The van der Waals surface area contributed by atoms with Gasteiger partial charge in [-0.05, 0) is 24.3 Å². The van der Waals surface area contributed by atoms with Gasteiger partial charge in [-0.1, -0.05) is 5.21 Å². The van der Waals surface area contributed by atoms with E-state index < -0.39 is 0 Å². The number of nitrogens with zero attached hydrogens (tertiary/aromatic N) is 3. The van der Waals surface area contributed by atoms with Gasteiger partial charge in [0.05, 0.1) is 24.7 Å². The molecule has 1 aromatic carbocycles. The number of terminal acetylenes is 1. The Balaban J connectivity index is 2.26. The summed E-state index contributed by atoms with van der Waals surface area (Å²) in [5.74, 6) is 3.43. The van der Waals surface area contributed by atoms with Crippen molar-refractivity contribution in [2.24, 2.45) is 0 Å². The molecule has 17 heavy (non-hydrogen) atoms. The fraction of sp³-hybridized carbons (Fsp3) is 0.231. The first kappa shape index (κ1) is 11.2. The van der Waals surface area contributed by atoms with Crippen LogP contribution in [-0.4, -0.2) is 22.1 Å². The zero-order chi connectivity index (χ0) is 12.1. The molecule has 2 rings (SSSR count). The minimum atomic E-state index is 0.684. The maximum atomic E-state index is 5.26. The highest BCUT2D eigenvalue weighted by Crippen LogP contribution is 2.15. The summed E-state index contributed by atoms with van der Waals surface area (Å²) in [7, 11) is 1.64. The number of aromatic nitrogens is 3. The Morgan fingerprint density at radius 1 is 1.35 bits per heavy atom. The molecule has 1 aromatic heterocycles. The smallest absolute Gasteiger partial charge is 0.119 e. The molecule has 0 aliphatic carbocycles. The summed E-state index contributed by atoms with van der Waals surface area (Å²) in [5.41, 5.74) is 1.96. The highest BCUT2D eigenvalue weighted by molar-refractivity contribution is 5.37. The Labute approximate surface area is 100 Å². The number of ether oxygens (including phenoxy) is 1. The largest absolute Gasteiger partial charge is 0.497 e. The van der Waals surface area contributed by atoms with Crippen LogP contribution in [0.1, 0.15) is 12.1 Å². The molecule has 0 bridgehead atoms. The topological polar surface area (TPSA) is 39.9 Å². The van der Waals surface area contributed by atoms with Crippen LogP contribution >= 0.6 is 0 Å². The molecule has 0 unspecified atom stereocenters. The SMILES string of the molecule is C#CCCc1cnnn1-c1ccc(OC)cc1. The average molecular weight is 227 g/mol. The van der Waals surface area contributed by atoms with E-state index in [0.29, 0.717) is 6.42 Å². The third kappa shape index (κ3) is 2.45. The van der Waals surface area contributed by atoms with Gasteiger partial charge in [-0.25, -0.2) is 4.68 Å². The molecule has 2 aromatic rings. The summed E-state index contributed by atoms with van der Waals surface area (Å²) in [4.78, 5) is 0. The van der Waals surface area contributed by atoms with Gasteiger partial charge < -0.3 is 4.74 Å². The first-order chi connectivity index (χ1) is 8.35. The first-order valence-electron chi connectivity index (χ1n) is 5.32. The lowest BCUT2D eigenvalue weighted by Gasteiger charge is -2.05. The fourth-order valence-corrected chi connectivity index (χ4v) is 1.57. The highest BCUT2D eigenvalue weighted by atomic mass is 16.5. The van der Waals surface area contributed by atoms with E-state index in [1.165, 1.54) is 0 Å². The summed E-state index contributed by atoms with van der Waals surface area (Å²) in [5, 5.41) is 7.96. The number of hydrogen-bond donors (Lipinski definition) is 0. The van der Waals surface area contributed by atoms with Crippen molar-refractivity contribution >= 4 is 0 Å². The zero-order valence-corrected chi connectivity index (χ0v) is 9.63. The first-order valence-corrected chi connectivity index (χ1v) is 5.32. The molecule has 0 amide bonds. The van der Waals surface area contributed by atoms with Gasteiger partial charge in [0.2, 0.25) is 0 Å². The van der Waals surface area contributed by atoms with Crippen molar-refractivity contribution in [3.8, 4) is 23.8 Å². The quantitative estimate of drug-likeness (QED) is 0.748. The van der Waals surface area contributed by atoms with Crippen LogP contribution in [0.4, 0.5) is 0 Å². The second-order valence-corrected chi connectivity index (χ2v) is 3.54. The van der Waals surface area contributed by atoms with Gasteiger partial charge in [-0.15, -0.1) is 17.4 Å². The summed E-state index contributed by atoms with van der Waals surface area (Å²) in [6, 6.07) is 7.66. The van der Waals surface area contributed by atoms with E-state index in [1.54, 1.807) is 18.0 Å². The van der Waals surface area contributed by atoms with Crippen molar-refractivity contribution in [3.05, 3.63) is 36.2 Å². The van der Waals surface area contributed by atoms with Crippen molar-refractivity contribution in [2.75, 3.05) is 7.11 Å². The highest BCUT2D eigenvalue weighted by Gasteiger charge is 2.05. The summed E-state index contributed by atoms with van der Waals surface area (Å²) in [6.07, 6.45) is 8.45. The molecule has 4 nitrogen and oxygen atoms in total. The Kier molecular flexibility index (Phi) is 3.41. The zero-order valence-electron chi connectivity index (χ0n) is 9.63. The Morgan fingerprint density at radius 2 is 2.12 bits per heavy atom. The maximum absolute atomic E-state index is 5.26. The molecule has 0 saturated heterocycles. The van der Waals surface area contributed by atoms with E-state index in [9.17, 15) is 0 Å². The van der Waals surface area contributed by atoms with Crippen molar-refractivity contribution in [3.63, 3.8) is 0 Å². The van der Waals surface area contributed by atoms with Gasteiger partial charge in [0, 0.05) is 12.8 Å². The molecule has 1 heterocycles. The summed E-state index contributed by atoms with van der Waals surface area (Å²) < 4.78 is 6.90. The molecule has 0 N–H and O–H groups in total. The molecule has 0 atom stereocenters. The number of hydrogen-bond acceptors (Lipinski definition) is 3. The average Bonchev–Trinajstić information content (AvgIpc) is 2.84. The van der Waals surface area contributed by atoms with Crippen LogP contribution in [0.3, 0.4) is 0 Å². The molecule has 0 radical (unpaired) electrons. The fourth-order valence-electron chi connectivity index (χ4n) is 1.57. The Hall–Kier alpha value is -2.28. The minimum Gasteiger partial charge on any atom is -0.497 e. The van der Waals surface area contributed by atoms with Crippen molar-refractivity contribution in [1.29, 1.82) is 0 Å². The van der Waals surface area contributed by atoms with E-state index in [-0.39, 0.29) is 0 Å². The van der Waals surface area contributed by atoms with Crippen molar-refractivity contribution in [2.45, 2.75) is 12.8 Å². The van der Waals surface area contributed by atoms with Crippen LogP contribution in [0.15, 0.2) is 30.5 Å². The van der Waals surface area contributed by atoms with Gasteiger partial charge in [0.15, 0.2) is 0 Å². The minimum absolute atomic E-state index is 0.684. The Bertz CT molecular complexity index is 522. The third-order valence-electron chi connectivity index (χ3n) is 2.46. The van der Waals surface area contributed by atoms with E-state index >= 15 is 0 Å². The standard InChI is InChI=1S/C13H13N3O/c1-3-4-5-12-10-14-15-16(12)11-6-8-13(17-2)9-7-11/h1,6-10H,4-5H2,2H3. The van der Waals surface area contributed by atoms with Crippen LogP contribution in [0, 0.1) is 12.3 Å². The van der Waals surface area contributed by atoms with Crippen LogP contribution in [0.5, 0.6) is 5.75 Å². The van der Waals surface area contributed by atoms with Crippen LogP contribution < -0.4 is 4.74 Å². The monoisotopic (exact) mass is 227 g/mol. The summed E-state index contributed by atoms with van der Waals surface area (Å²) >= 11 is 0. The van der Waals surface area contributed by atoms with Crippen LogP contribution in [0.2, 0.25) is 0 Å². The number of rotatable bonds is 4.